The fourth-order valence-electron chi connectivity index (χ4n) is 14.3. The molecule has 11 aromatic rings. The van der Waals surface area contributed by atoms with Crippen molar-refractivity contribution in [1.29, 1.82) is 0 Å². The maximum atomic E-state index is 11.5. The summed E-state index contributed by atoms with van der Waals surface area (Å²) >= 11 is 0. The minimum absolute atomic E-state index is 0. The summed E-state index contributed by atoms with van der Waals surface area (Å²) in [5, 5.41) is 13.4. The molecular formula is C88H106N18O6. The van der Waals surface area contributed by atoms with Gasteiger partial charge in [0.1, 0.15) is 48.1 Å². The number of ether oxygens (including phenoxy) is 5. The lowest BCUT2D eigenvalue weighted by Crippen LogP contribution is -2.45. The molecule has 584 valence electrons. The van der Waals surface area contributed by atoms with Crippen LogP contribution in [0.4, 0.5) is 52.0 Å². The minimum Gasteiger partial charge on any atom is -0.473 e. The molecule has 5 N–H and O–H groups in total. The number of benzene rings is 5. The second-order valence-electron chi connectivity index (χ2n) is 28.4. The highest BCUT2D eigenvalue weighted by atomic mass is 16.5. The molecular weight excluding hydrogens is 1410 g/mol. The summed E-state index contributed by atoms with van der Waals surface area (Å²) in [4.78, 5) is 65.5. The summed E-state index contributed by atoms with van der Waals surface area (Å²) in [6.45, 7) is 19.9. The molecule has 6 aromatic heterocycles. The first kappa shape index (κ1) is 80.3. The summed E-state index contributed by atoms with van der Waals surface area (Å²) < 4.78 is 28.8. The number of pyridine rings is 3. The van der Waals surface area contributed by atoms with Crippen molar-refractivity contribution >= 4 is 52.0 Å². The zero-order valence-corrected chi connectivity index (χ0v) is 62.5. The van der Waals surface area contributed by atoms with Gasteiger partial charge < -0.3 is 74.4 Å². The van der Waals surface area contributed by atoms with Gasteiger partial charge >= 0.3 is 0 Å². The van der Waals surface area contributed by atoms with Crippen LogP contribution in [0.2, 0.25) is 0 Å². The molecule has 24 nitrogen and oxygen atoms in total. The second kappa shape index (κ2) is 38.1. The van der Waals surface area contributed by atoms with E-state index >= 15 is 0 Å². The summed E-state index contributed by atoms with van der Waals surface area (Å²) in [6, 6.07) is 62.0. The average molecular weight is 1510 g/mol. The van der Waals surface area contributed by atoms with Gasteiger partial charge in [-0.2, -0.15) is 9.97 Å². The predicted molar refractivity (Wildman–Crippen MR) is 448 cm³/mol. The number of aromatic nitrogens is 9. The Bertz CT molecular complexity index is 4930. The van der Waals surface area contributed by atoms with E-state index in [1.165, 1.54) is 22.8 Å². The third-order valence-corrected chi connectivity index (χ3v) is 20.2. The van der Waals surface area contributed by atoms with E-state index in [4.69, 9.17) is 53.6 Å². The third-order valence-electron chi connectivity index (χ3n) is 20.2. The van der Waals surface area contributed by atoms with E-state index < -0.39 is 0 Å². The molecule has 0 bridgehead atoms. The fraction of sp³-hybridized carbons (Fsp3) is 0.352. The van der Waals surface area contributed by atoms with E-state index in [1.54, 1.807) is 6.07 Å². The van der Waals surface area contributed by atoms with Crippen LogP contribution in [0.15, 0.2) is 193 Å². The largest absolute Gasteiger partial charge is 0.473 e. The van der Waals surface area contributed by atoms with Crippen LogP contribution < -0.4 is 51.0 Å². The van der Waals surface area contributed by atoms with Crippen LogP contribution in [-0.4, -0.2) is 166 Å². The van der Waals surface area contributed by atoms with Crippen molar-refractivity contribution < 1.29 is 23.7 Å². The first-order valence-electron chi connectivity index (χ1n) is 37.8. The first-order chi connectivity index (χ1) is 53.4. The lowest BCUT2D eigenvalue weighted by atomic mass is 10.0. The van der Waals surface area contributed by atoms with Crippen molar-refractivity contribution in [2.24, 2.45) is 0 Å². The fourth-order valence-corrected chi connectivity index (χ4v) is 14.3. The molecule has 0 spiro atoms. The first-order valence-corrected chi connectivity index (χ1v) is 37.8. The summed E-state index contributed by atoms with van der Waals surface area (Å²) in [6.07, 6.45) is 2.87. The van der Waals surface area contributed by atoms with Gasteiger partial charge in [0.15, 0.2) is 17.5 Å². The SMILES string of the molecule is C.C.C.C[C@H]1COCCN1c1nc(-c2ccc(Nc3cccc(=O)[nH]3)cc2)nc2c1CCN(C)C2.C[C@H]1COCCN1c1nc(-c2ccc(Nc3cccc(OCc4ccccc4)n3)cc2)nc2c1CCN(C)C2.C[C@H]1COCCN1c1nc(-c2ccc(Nc3cccc(OCc4ccccc4)n3)cc2)nc2c1CCNC2. The molecule has 0 radical (unpaired) electrons. The Morgan fingerprint density at radius 3 is 1.22 bits per heavy atom. The zero-order chi connectivity index (χ0) is 74.4. The summed E-state index contributed by atoms with van der Waals surface area (Å²) in [7, 11) is 4.29. The minimum atomic E-state index is -0.135. The van der Waals surface area contributed by atoms with Crippen molar-refractivity contribution in [3.63, 3.8) is 0 Å². The van der Waals surface area contributed by atoms with Crippen molar-refractivity contribution in [2.75, 3.05) is 124 Å². The number of nitrogens with zero attached hydrogens (tertiary/aromatic N) is 13. The molecule has 112 heavy (non-hydrogen) atoms. The monoisotopic (exact) mass is 1510 g/mol. The van der Waals surface area contributed by atoms with Crippen molar-refractivity contribution in [1.82, 2.24) is 60.0 Å². The topological polar surface area (TPSA) is 246 Å². The number of likely N-dealkylation sites (N-methyl/N-ethyl adjacent to an activating group) is 2. The Balaban J connectivity index is 0.000000155. The van der Waals surface area contributed by atoms with Gasteiger partial charge in [-0.1, -0.05) is 101 Å². The predicted octanol–water partition coefficient (Wildman–Crippen LogP) is 14.5. The number of H-pyrrole nitrogens is 1. The van der Waals surface area contributed by atoms with Crippen LogP contribution in [-0.2, 0) is 66.3 Å². The standard InChI is InChI=1S/C31H34N6O2.C30H32N6O2.C24H28N6O2.3CH4/c1-22-20-38-18-17-37(22)31-26-15-16-36(2)19-27(26)33-30(35-31)24-11-13-25(14-12-24)32-28-9-6-10-29(34-28)39-21-23-7-4-3-5-8-23;1-21-19-37-17-16-36(21)30-25-14-15-31-18-26(25)33-29(35-30)23-10-12-24(13-11-23)32-27-8-5-9-28(34-27)38-20-22-6-3-2-4-7-22;1-16-15-32-13-12-30(16)24-19-10-11-29(2)14-20(19)26-23(28-24)17-6-8-18(9-7-17)25-21-4-3-5-22(31)27-21;;;/h3-14,22H,15-21H2,1-2H3,(H,32,34);2-13,21,31H,14-20H2,1H3,(H,32,34);3-9,16H,10-15H2,1-2H3,(H2,25,27,31);3*1H4/t22-;21-;16-;;;/m000.../s1. The van der Waals surface area contributed by atoms with Crippen LogP contribution in [0.25, 0.3) is 34.2 Å². The molecule has 0 saturated carbocycles. The highest BCUT2D eigenvalue weighted by Crippen LogP contribution is 2.36. The van der Waals surface area contributed by atoms with Gasteiger partial charge in [0.05, 0.1) is 74.8 Å². The number of nitrogens with one attached hydrogen (secondary N) is 5. The van der Waals surface area contributed by atoms with Gasteiger partial charge in [-0.15, -0.1) is 0 Å². The number of rotatable bonds is 18. The molecule has 0 aliphatic carbocycles. The molecule has 12 heterocycles. The smallest absolute Gasteiger partial charge is 0.249 e. The van der Waals surface area contributed by atoms with E-state index in [-0.39, 0.29) is 46.0 Å². The highest BCUT2D eigenvalue weighted by molar-refractivity contribution is 5.70. The van der Waals surface area contributed by atoms with Gasteiger partial charge in [-0.3, -0.25) is 4.79 Å². The Morgan fingerprint density at radius 1 is 0.420 bits per heavy atom. The quantitative estimate of drug-likeness (QED) is 0.0536. The van der Waals surface area contributed by atoms with E-state index in [2.05, 4.69) is 120 Å². The molecule has 5 aromatic carbocycles. The molecule has 6 aliphatic rings. The van der Waals surface area contributed by atoms with Gasteiger partial charge in [0.25, 0.3) is 0 Å². The van der Waals surface area contributed by atoms with Gasteiger partial charge in [-0.25, -0.2) is 29.9 Å². The van der Waals surface area contributed by atoms with Crippen molar-refractivity contribution in [2.45, 2.75) is 113 Å². The van der Waals surface area contributed by atoms with E-state index in [1.807, 2.05) is 152 Å². The van der Waals surface area contributed by atoms with Crippen molar-refractivity contribution in [3.8, 4) is 45.9 Å². The molecule has 0 amide bonds. The molecule has 3 saturated heterocycles. The van der Waals surface area contributed by atoms with Crippen LogP contribution in [0, 0.1) is 0 Å². The maximum absolute atomic E-state index is 11.5. The lowest BCUT2D eigenvalue weighted by Gasteiger charge is -2.37. The average Bonchev–Trinajstić information content (AvgIpc) is 0.803. The van der Waals surface area contributed by atoms with Gasteiger partial charge in [0, 0.05) is 121 Å². The molecule has 6 aliphatic heterocycles. The van der Waals surface area contributed by atoms with Crippen LogP contribution in [0.3, 0.4) is 0 Å². The number of hydrogen-bond donors (Lipinski definition) is 5. The highest BCUT2D eigenvalue weighted by Gasteiger charge is 2.32. The lowest BCUT2D eigenvalue weighted by molar-refractivity contribution is 0.0983. The molecule has 0 unspecified atom stereocenters. The maximum Gasteiger partial charge on any atom is 0.249 e. The Morgan fingerprint density at radius 2 is 0.812 bits per heavy atom. The van der Waals surface area contributed by atoms with Crippen molar-refractivity contribution in [3.05, 3.63) is 243 Å². The van der Waals surface area contributed by atoms with E-state index in [0.717, 1.165) is 226 Å². The van der Waals surface area contributed by atoms with Gasteiger partial charge in [-0.05, 0) is 163 Å². The normalized spacial score (nSPS) is 17.3. The summed E-state index contributed by atoms with van der Waals surface area (Å²) in [5.74, 6) is 8.70. The number of hydrogen-bond acceptors (Lipinski definition) is 23. The van der Waals surface area contributed by atoms with E-state index in [0.29, 0.717) is 30.8 Å². The zero-order valence-electron chi connectivity index (χ0n) is 62.5. The Labute approximate surface area is 658 Å². The Hall–Kier alpha value is -11.3. The molecule has 3 fully saturated rings. The van der Waals surface area contributed by atoms with Crippen LogP contribution in [0.1, 0.15) is 88.0 Å². The number of anilines is 9. The third kappa shape index (κ3) is 20.1. The summed E-state index contributed by atoms with van der Waals surface area (Å²) in [5.41, 5.74) is 14.9. The number of fused-ring (bicyclic) bond motifs is 3. The van der Waals surface area contributed by atoms with Gasteiger partial charge in [0.2, 0.25) is 17.3 Å². The Kier molecular flexibility index (Phi) is 27.3. The molecule has 24 heteroatoms. The second-order valence-corrected chi connectivity index (χ2v) is 28.4. The molecule has 17 rings (SSSR count). The molecule has 3 atom stereocenters. The number of morpholine rings is 3. The van der Waals surface area contributed by atoms with E-state index in [9.17, 15) is 4.79 Å². The van der Waals surface area contributed by atoms with Crippen LogP contribution >= 0.6 is 0 Å². The van der Waals surface area contributed by atoms with Crippen LogP contribution in [0.5, 0.6) is 11.8 Å². The number of aromatic amines is 1.